The number of carbonyl (C=O) groups excluding carboxylic acids is 1. The molecule has 1 amide bonds. The van der Waals surface area contributed by atoms with Crippen molar-refractivity contribution >= 4 is 5.91 Å². The minimum atomic E-state index is 0.168. The van der Waals surface area contributed by atoms with Gasteiger partial charge in [-0.2, -0.15) is 0 Å². The lowest BCUT2D eigenvalue weighted by Gasteiger charge is -2.16. The first kappa shape index (κ1) is 13.9. The van der Waals surface area contributed by atoms with Gasteiger partial charge in [0.25, 0.3) is 5.91 Å². The largest absolute Gasteiger partial charge is 0.343 e. The summed E-state index contributed by atoms with van der Waals surface area (Å²) in [6.45, 7) is 4.79. The zero-order valence-corrected chi connectivity index (χ0v) is 12.5. The Morgan fingerprint density at radius 3 is 2.57 bits per heavy atom. The first-order valence-corrected chi connectivity index (χ1v) is 7.69. The van der Waals surface area contributed by atoms with E-state index in [1.807, 2.05) is 23.1 Å². The Bertz CT molecular complexity index is 612. The summed E-state index contributed by atoms with van der Waals surface area (Å²) in [5.41, 5.74) is 3.01. The van der Waals surface area contributed by atoms with Gasteiger partial charge >= 0.3 is 0 Å². The zero-order valence-electron chi connectivity index (χ0n) is 12.5. The Hall–Kier alpha value is -2.10. The van der Waals surface area contributed by atoms with Crippen molar-refractivity contribution in [2.75, 3.05) is 13.1 Å². The second-order valence-corrected chi connectivity index (χ2v) is 5.54. The molecule has 0 atom stereocenters. The molecule has 4 nitrogen and oxygen atoms in total. The van der Waals surface area contributed by atoms with E-state index in [-0.39, 0.29) is 5.91 Å². The molecule has 1 aliphatic heterocycles. The Morgan fingerprint density at radius 2 is 1.90 bits per heavy atom. The third kappa shape index (κ3) is 2.84. The number of aryl methyl sites for hydroxylation is 1. The molecule has 2 aromatic heterocycles. The molecule has 2 aromatic rings. The molecular weight excluding hydrogens is 262 g/mol. The molecule has 0 saturated carbocycles. The van der Waals surface area contributed by atoms with Gasteiger partial charge in [-0.05, 0) is 43.0 Å². The number of rotatable bonds is 4. The van der Waals surface area contributed by atoms with Crippen molar-refractivity contribution in [2.45, 2.75) is 32.7 Å². The topological polar surface area (TPSA) is 38.1 Å². The highest BCUT2D eigenvalue weighted by molar-refractivity contribution is 5.94. The number of likely N-dealkylation sites (tertiary alicyclic amines) is 1. The van der Waals surface area contributed by atoms with E-state index in [1.54, 1.807) is 12.4 Å². The number of hydrogen-bond donors (Lipinski definition) is 0. The summed E-state index contributed by atoms with van der Waals surface area (Å²) in [7, 11) is 0. The molecule has 0 bridgehead atoms. The van der Waals surface area contributed by atoms with Gasteiger partial charge in [-0.1, -0.05) is 6.92 Å². The fourth-order valence-electron chi connectivity index (χ4n) is 2.90. The monoisotopic (exact) mass is 283 g/mol. The van der Waals surface area contributed by atoms with Crippen molar-refractivity contribution < 1.29 is 4.79 Å². The van der Waals surface area contributed by atoms with Crippen molar-refractivity contribution in [3.8, 4) is 11.1 Å². The van der Waals surface area contributed by atoms with Crippen LogP contribution in [0.25, 0.3) is 11.1 Å². The number of carbonyl (C=O) groups is 1. The molecule has 3 heterocycles. The van der Waals surface area contributed by atoms with Crippen LogP contribution in [0.1, 0.15) is 36.7 Å². The van der Waals surface area contributed by atoms with Gasteiger partial charge in [-0.25, -0.2) is 0 Å². The van der Waals surface area contributed by atoms with Gasteiger partial charge in [-0.3, -0.25) is 9.78 Å². The predicted molar refractivity (Wildman–Crippen MR) is 83.1 cm³/mol. The maximum Gasteiger partial charge on any atom is 0.270 e. The van der Waals surface area contributed by atoms with E-state index in [0.29, 0.717) is 0 Å². The Morgan fingerprint density at radius 1 is 1.19 bits per heavy atom. The molecule has 21 heavy (non-hydrogen) atoms. The molecular formula is C17H21N3O. The van der Waals surface area contributed by atoms with Gasteiger partial charge in [0.1, 0.15) is 5.69 Å². The number of pyridine rings is 1. The van der Waals surface area contributed by atoms with E-state index in [2.05, 4.69) is 22.7 Å². The molecule has 4 heteroatoms. The lowest BCUT2D eigenvalue weighted by molar-refractivity contribution is 0.0782. The molecule has 1 fully saturated rings. The van der Waals surface area contributed by atoms with E-state index in [9.17, 15) is 4.79 Å². The third-order valence-electron chi connectivity index (χ3n) is 3.99. The molecule has 0 N–H and O–H groups in total. The van der Waals surface area contributed by atoms with Crippen LogP contribution in [0.3, 0.4) is 0 Å². The maximum atomic E-state index is 12.7. The minimum Gasteiger partial charge on any atom is -0.343 e. The van der Waals surface area contributed by atoms with Gasteiger partial charge in [0.2, 0.25) is 0 Å². The standard InChI is InChI=1S/C17H21N3O/c1-2-9-20-13-15(14-5-7-18-8-6-14)12-16(20)17(21)19-10-3-4-11-19/h5-8,12-13H,2-4,9-11H2,1H3. The quantitative estimate of drug-likeness (QED) is 0.864. The highest BCUT2D eigenvalue weighted by Gasteiger charge is 2.23. The van der Waals surface area contributed by atoms with Crippen LogP contribution < -0.4 is 0 Å². The molecule has 1 aliphatic rings. The average molecular weight is 283 g/mol. The Labute approximate surface area is 125 Å². The smallest absolute Gasteiger partial charge is 0.270 e. The van der Waals surface area contributed by atoms with Crippen LogP contribution in [-0.4, -0.2) is 33.4 Å². The summed E-state index contributed by atoms with van der Waals surface area (Å²) in [5.74, 6) is 0.168. The van der Waals surface area contributed by atoms with Crippen molar-refractivity contribution in [2.24, 2.45) is 0 Å². The fourth-order valence-corrected chi connectivity index (χ4v) is 2.90. The molecule has 3 rings (SSSR count). The normalized spacial score (nSPS) is 14.6. The Kier molecular flexibility index (Phi) is 4.04. The molecule has 110 valence electrons. The summed E-state index contributed by atoms with van der Waals surface area (Å²) in [6, 6.07) is 5.98. The SMILES string of the molecule is CCCn1cc(-c2ccncc2)cc1C(=O)N1CCCC1. The van der Waals surface area contributed by atoms with Gasteiger partial charge in [-0.15, -0.1) is 0 Å². The highest BCUT2D eigenvalue weighted by atomic mass is 16.2. The average Bonchev–Trinajstić information content (AvgIpc) is 3.18. The van der Waals surface area contributed by atoms with E-state index in [1.165, 1.54) is 0 Å². The maximum absolute atomic E-state index is 12.7. The predicted octanol–water partition coefficient (Wildman–Crippen LogP) is 3.20. The Balaban J connectivity index is 1.94. The number of amides is 1. The number of nitrogens with zero attached hydrogens (tertiary/aromatic N) is 3. The van der Waals surface area contributed by atoms with Crippen molar-refractivity contribution in [1.82, 2.24) is 14.5 Å². The van der Waals surface area contributed by atoms with Gasteiger partial charge < -0.3 is 9.47 Å². The lowest BCUT2D eigenvalue weighted by atomic mass is 10.1. The molecule has 0 aromatic carbocycles. The van der Waals surface area contributed by atoms with E-state index in [4.69, 9.17) is 0 Å². The first-order valence-electron chi connectivity index (χ1n) is 7.69. The molecule has 0 unspecified atom stereocenters. The summed E-state index contributed by atoms with van der Waals surface area (Å²) in [5, 5.41) is 0. The van der Waals surface area contributed by atoms with Gasteiger partial charge in [0.05, 0.1) is 0 Å². The van der Waals surface area contributed by atoms with E-state index in [0.717, 1.165) is 55.7 Å². The van der Waals surface area contributed by atoms with Crippen molar-refractivity contribution in [3.05, 3.63) is 42.5 Å². The third-order valence-corrected chi connectivity index (χ3v) is 3.99. The zero-order chi connectivity index (χ0) is 14.7. The summed E-state index contributed by atoms with van der Waals surface area (Å²) >= 11 is 0. The van der Waals surface area contributed by atoms with Crippen LogP contribution in [0.15, 0.2) is 36.8 Å². The molecule has 0 radical (unpaired) electrons. The van der Waals surface area contributed by atoms with Gasteiger partial charge in [0, 0.05) is 43.8 Å². The summed E-state index contributed by atoms with van der Waals surface area (Å²) in [6.07, 6.45) is 8.92. The lowest BCUT2D eigenvalue weighted by Crippen LogP contribution is -2.29. The van der Waals surface area contributed by atoms with Gasteiger partial charge in [0.15, 0.2) is 0 Å². The van der Waals surface area contributed by atoms with Crippen LogP contribution in [0.2, 0.25) is 0 Å². The molecule has 0 aliphatic carbocycles. The molecule has 1 saturated heterocycles. The fraction of sp³-hybridized carbons (Fsp3) is 0.412. The van der Waals surface area contributed by atoms with Crippen LogP contribution in [0.5, 0.6) is 0 Å². The molecule has 0 spiro atoms. The second-order valence-electron chi connectivity index (χ2n) is 5.54. The van der Waals surface area contributed by atoms with E-state index < -0.39 is 0 Å². The highest BCUT2D eigenvalue weighted by Crippen LogP contribution is 2.24. The van der Waals surface area contributed by atoms with Crippen molar-refractivity contribution in [3.63, 3.8) is 0 Å². The van der Waals surface area contributed by atoms with Crippen LogP contribution in [0.4, 0.5) is 0 Å². The number of aromatic nitrogens is 2. The second kappa shape index (κ2) is 6.12. The summed E-state index contributed by atoms with van der Waals surface area (Å²) < 4.78 is 2.09. The minimum absolute atomic E-state index is 0.168. The van der Waals surface area contributed by atoms with Crippen LogP contribution in [0, 0.1) is 0 Å². The summed E-state index contributed by atoms with van der Waals surface area (Å²) in [4.78, 5) is 18.7. The number of hydrogen-bond acceptors (Lipinski definition) is 2. The first-order chi connectivity index (χ1) is 10.3. The van der Waals surface area contributed by atoms with Crippen LogP contribution >= 0.6 is 0 Å². The van der Waals surface area contributed by atoms with Crippen molar-refractivity contribution in [1.29, 1.82) is 0 Å². The van der Waals surface area contributed by atoms with Crippen LogP contribution in [-0.2, 0) is 6.54 Å². The van der Waals surface area contributed by atoms with E-state index >= 15 is 0 Å².